The number of hydrogen-bond acceptors (Lipinski definition) is 3. The first-order chi connectivity index (χ1) is 9.24. The van der Waals surface area contributed by atoms with E-state index in [1.807, 2.05) is 7.05 Å². The molecule has 0 saturated carbocycles. The number of nitrogen functional groups attached to an aromatic ring is 1. The molecule has 0 atom stereocenters. The first-order valence-electron chi connectivity index (χ1n) is 7.09. The van der Waals surface area contributed by atoms with Crippen LogP contribution in [0.1, 0.15) is 44.7 Å². The maximum atomic E-state index is 6.15. The SMILES string of the molecule is CCCCCCCc1nn(C)c(N)c1-c1cccs1. The van der Waals surface area contributed by atoms with Gasteiger partial charge in [0.25, 0.3) is 0 Å². The third kappa shape index (κ3) is 3.38. The first-order valence-corrected chi connectivity index (χ1v) is 7.97. The van der Waals surface area contributed by atoms with Crippen LogP contribution in [-0.2, 0) is 13.5 Å². The van der Waals surface area contributed by atoms with Crippen LogP contribution in [0, 0.1) is 0 Å². The summed E-state index contributed by atoms with van der Waals surface area (Å²) in [6, 6.07) is 4.19. The standard InChI is InChI=1S/C15H23N3S/c1-3-4-5-6-7-9-12-14(13-10-8-11-19-13)15(16)18(2)17-12/h8,10-11H,3-7,9,16H2,1-2H3. The third-order valence-electron chi connectivity index (χ3n) is 3.45. The lowest BCUT2D eigenvalue weighted by molar-refractivity contribution is 0.623. The molecule has 0 aliphatic rings. The van der Waals surface area contributed by atoms with Crippen molar-refractivity contribution in [3.8, 4) is 10.4 Å². The molecule has 2 N–H and O–H groups in total. The lowest BCUT2D eigenvalue weighted by atomic mass is 10.1. The number of unbranched alkanes of at least 4 members (excludes halogenated alkanes) is 4. The molecule has 0 spiro atoms. The Morgan fingerprint density at radius 2 is 2.05 bits per heavy atom. The van der Waals surface area contributed by atoms with Crippen LogP contribution >= 0.6 is 11.3 Å². The maximum absolute atomic E-state index is 6.15. The highest BCUT2D eigenvalue weighted by Crippen LogP contribution is 2.33. The largest absolute Gasteiger partial charge is 0.383 e. The normalized spacial score (nSPS) is 11.1. The molecule has 0 amide bonds. The van der Waals surface area contributed by atoms with E-state index in [1.165, 1.54) is 37.0 Å². The van der Waals surface area contributed by atoms with Crippen molar-refractivity contribution in [3.63, 3.8) is 0 Å². The van der Waals surface area contributed by atoms with Gasteiger partial charge < -0.3 is 5.73 Å². The predicted octanol–water partition coefficient (Wildman–Crippen LogP) is 4.24. The minimum absolute atomic E-state index is 0.783. The average molecular weight is 277 g/mol. The lowest BCUT2D eigenvalue weighted by Crippen LogP contribution is -1.97. The second-order valence-electron chi connectivity index (χ2n) is 4.97. The highest BCUT2D eigenvalue weighted by molar-refractivity contribution is 7.13. The van der Waals surface area contributed by atoms with Gasteiger partial charge in [-0.1, -0.05) is 38.7 Å². The number of thiophene rings is 1. The van der Waals surface area contributed by atoms with Crippen LogP contribution in [0.3, 0.4) is 0 Å². The number of hydrogen-bond donors (Lipinski definition) is 1. The zero-order valence-corrected chi connectivity index (χ0v) is 12.7. The molecule has 2 aromatic rings. The Hall–Kier alpha value is -1.29. The van der Waals surface area contributed by atoms with Gasteiger partial charge in [-0.3, -0.25) is 4.68 Å². The molecule has 2 aromatic heterocycles. The molecule has 2 rings (SSSR count). The number of nitrogens with two attached hydrogens (primary N) is 1. The number of nitrogens with zero attached hydrogens (tertiary/aromatic N) is 2. The average Bonchev–Trinajstić information content (AvgIpc) is 2.99. The molecule has 2 heterocycles. The summed E-state index contributed by atoms with van der Waals surface area (Å²) in [7, 11) is 1.92. The molecular weight excluding hydrogens is 254 g/mol. The fraction of sp³-hybridized carbons (Fsp3) is 0.533. The van der Waals surface area contributed by atoms with Crippen molar-refractivity contribution < 1.29 is 0 Å². The summed E-state index contributed by atoms with van der Waals surface area (Å²) in [6.45, 7) is 2.24. The Morgan fingerprint density at radius 1 is 1.26 bits per heavy atom. The van der Waals surface area contributed by atoms with E-state index in [4.69, 9.17) is 5.73 Å². The van der Waals surface area contributed by atoms with Crippen molar-refractivity contribution >= 4 is 17.2 Å². The minimum Gasteiger partial charge on any atom is -0.383 e. The van der Waals surface area contributed by atoms with Gasteiger partial charge in [-0.25, -0.2) is 0 Å². The highest BCUT2D eigenvalue weighted by Gasteiger charge is 2.15. The van der Waals surface area contributed by atoms with Gasteiger partial charge in [0.1, 0.15) is 5.82 Å². The second-order valence-corrected chi connectivity index (χ2v) is 5.92. The topological polar surface area (TPSA) is 43.8 Å². The van der Waals surface area contributed by atoms with Crippen molar-refractivity contribution in [1.82, 2.24) is 9.78 Å². The fourth-order valence-corrected chi connectivity index (χ4v) is 3.16. The molecule has 0 aromatic carbocycles. The van der Waals surface area contributed by atoms with Gasteiger partial charge in [0.2, 0.25) is 0 Å². The molecule has 104 valence electrons. The summed E-state index contributed by atoms with van der Waals surface area (Å²) < 4.78 is 1.80. The monoisotopic (exact) mass is 277 g/mol. The summed E-state index contributed by atoms with van der Waals surface area (Å²) in [4.78, 5) is 1.23. The van der Waals surface area contributed by atoms with Crippen molar-refractivity contribution in [3.05, 3.63) is 23.2 Å². The van der Waals surface area contributed by atoms with Gasteiger partial charge >= 0.3 is 0 Å². The summed E-state index contributed by atoms with van der Waals surface area (Å²) in [5.74, 6) is 0.783. The predicted molar refractivity (Wildman–Crippen MR) is 83.4 cm³/mol. The van der Waals surface area contributed by atoms with Crippen LogP contribution in [0.25, 0.3) is 10.4 Å². The first kappa shape index (κ1) is 14.1. The molecule has 0 aliphatic heterocycles. The van der Waals surface area contributed by atoms with E-state index in [1.54, 1.807) is 16.0 Å². The number of aryl methyl sites for hydroxylation is 2. The molecule has 0 bridgehead atoms. The molecule has 3 nitrogen and oxygen atoms in total. The van der Waals surface area contributed by atoms with E-state index in [0.717, 1.165) is 23.5 Å². The zero-order valence-electron chi connectivity index (χ0n) is 11.9. The smallest absolute Gasteiger partial charge is 0.130 e. The van der Waals surface area contributed by atoms with Gasteiger partial charge in [0.05, 0.1) is 11.3 Å². The van der Waals surface area contributed by atoms with Gasteiger partial charge in [0.15, 0.2) is 0 Å². The van der Waals surface area contributed by atoms with Crippen LogP contribution in [0.4, 0.5) is 5.82 Å². The number of anilines is 1. The van der Waals surface area contributed by atoms with Crippen LogP contribution in [0.5, 0.6) is 0 Å². The molecule has 19 heavy (non-hydrogen) atoms. The minimum atomic E-state index is 0.783. The Labute approximate surface area is 119 Å². The molecule has 0 radical (unpaired) electrons. The summed E-state index contributed by atoms with van der Waals surface area (Å²) in [6.07, 6.45) is 7.47. The van der Waals surface area contributed by atoms with Crippen LogP contribution in [-0.4, -0.2) is 9.78 Å². The fourth-order valence-electron chi connectivity index (χ4n) is 2.35. The summed E-state index contributed by atoms with van der Waals surface area (Å²) in [5, 5.41) is 6.67. The Kier molecular flexibility index (Phi) is 5.02. The molecule has 0 saturated heterocycles. The van der Waals surface area contributed by atoms with Gasteiger partial charge in [-0.2, -0.15) is 5.10 Å². The lowest BCUT2D eigenvalue weighted by Gasteiger charge is -2.02. The Balaban J connectivity index is 2.06. The highest BCUT2D eigenvalue weighted by atomic mass is 32.1. The number of rotatable bonds is 7. The van der Waals surface area contributed by atoms with Crippen molar-refractivity contribution in [2.45, 2.75) is 45.4 Å². The van der Waals surface area contributed by atoms with E-state index in [2.05, 4.69) is 29.5 Å². The molecule has 0 unspecified atom stereocenters. The summed E-state index contributed by atoms with van der Waals surface area (Å²) in [5.41, 5.74) is 8.45. The molecule has 0 aliphatic carbocycles. The second kappa shape index (κ2) is 6.75. The van der Waals surface area contributed by atoms with E-state index in [-0.39, 0.29) is 0 Å². The van der Waals surface area contributed by atoms with E-state index < -0.39 is 0 Å². The van der Waals surface area contributed by atoms with Crippen LogP contribution < -0.4 is 5.73 Å². The van der Waals surface area contributed by atoms with Gasteiger partial charge in [-0.05, 0) is 24.3 Å². The third-order valence-corrected chi connectivity index (χ3v) is 4.34. The zero-order chi connectivity index (χ0) is 13.7. The Bertz CT molecular complexity index is 500. The quantitative estimate of drug-likeness (QED) is 0.769. The molecular formula is C15H23N3S. The van der Waals surface area contributed by atoms with E-state index in [0.29, 0.717) is 0 Å². The van der Waals surface area contributed by atoms with Crippen LogP contribution in [0.15, 0.2) is 17.5 Å². The van der Waals surface area contributed by atoms with E-state index >= 15 is 0 Å². The molecule has 4 heteroatoms. The van der Waals surface area contributed by atoms with Gasteiger partial charge in [0, 0.05) is 11.9 Å². The van der Waals surface area contributed by atoms with Crippen molar-refractivity contribution in [2.24, 2.45) is 7.05 Å². The van der Waals surface area contributed by atoms with E-state index in [9.17, 15) is 0 Å². The van der Waals surface area contributed by atoms with Crippen LogP contribution in [0.2, 0.25) is 0 Å². The number of aromatic nitrogens is 2. The molecule has 0 fully saturated rings. The van der Waals surface area contributed by atoms with Gasteiger partial charge in [-0.15, -0.1) is 11.3 Å². The Morgan fingerprint density at radius 3 is 2.74 bits per heavy atom. The van der Waals surface area contributed by atoms with Crippen molar-refractivity contribution in [1.29, 1.82) is 0 Å². The maximum Gasteiger partial charge on any atom is 0.130 e. The van der Waals surface area contributed by atoms with Crippen molar-refractivity contribution in [2.75, 3.05) is 5.73 Å². The summed E-state index contributed by atoms with van der Waals surface area (Å²) >= 11 is 1.73.